The van der Waals surface area contributed by atoms with Gasteiger partial charge in [0.25, 0.3) is 17.4 Å². The van der Waals surface area contributed by atoms with Crippen LogP contribution in [0.1, 0.15) is 74.2 Å². The van der Waals surface area contributed by atoms with Crippen molar-refractivity contribution in [2.75, 3.05) is 40.9 Å². The van der Waals surface area contributed by atoms with Crippen molar-refractivity contribution in [3.63, 3.8) is 0 Å². The van der Waals surface area contributed by atoms with Gasteiger partial charge in [0, 0.05) is 83.2 Å². The lowest BCUT2D eigenvalue weighted by molar-refractivity contribution is -0.136. The lowest BCUT2D eigenvalue weighted by atomic mass is 9.60. The van der Waals surface area contributed by atoms with E-state index in [-0.39, 0.29) is 36.4 Å². The van der Waals surface area contributed by atoms with Gasteiger partial charge in [-0.25, -0.2) is 4.79 Å². The van der Waals surface area contributed by atoms with E-state index in [0.717, 1.165) is 75.7 Å². The van der Waals surface area contributed by atoms with Gasteiger partial charge in [0.2, 0.25) is 11.8 Å². The molecule has 0 bridgehead atoms. The van der Waals surface area contributed by atoms with Gasteiger partial charge in [-0.15, -0.1) is 0 Å². The largest absolute Gasteiger partial charge is 0.496 e. The van der Waals surface area contributed by atoms with E-state index in [9.17, 15) is 28.8 Å². The number of rotatable bonds is 7. The number of ether oxygens (including phenoxy) is 2. The van der Waals surface area contributed by atoms with E-state index in [2.05, 4.69) is 20.4 Å². The molecule has 6 aliphatic rings. The van der Waals surface area contributed by atoms with Gasteiger partial charge in [0.05, 0.1) is 37.5 Å². The number of nitrogens with one attached hydrogen (secondary N) is 2. The maximum Gasteiger partial charge on any atom is 0.317 e. The number of benzene rings is 2. The lowest BCUT2D eigenvalue weighted by Gasteiger charge is -2.61. The molecule has 1 saturated carbocycles. The molecule has 0 radical (unpaired) electrons. The zero-order valence-corrected chi connectivity index (χ0v) is 32.0. The van der Waals surface area contributed by atoms with Crippen LogP contribution in [-0.4, -0.2) is 107 Å². The van der Waals surface area contributed by atoms with Crippen molar-refractivity contribution in [3.8, 4) is 22.6 Å². The van der Waals surface area contributed by atoms with Crippen molar-refractivity contribution < 1.29 is 33.4 Å². The monoisotopic (exact) mass is 763 g/mol. The number of amides is 6. The molecule has 56 heavy (non-hydrogen) atoms. The van der Waals surface area contributed by atoms with Crippen LogP contribution in [0.2, 0.25) is 0 Å². The van der Waals surface area contributed by atoms with E-state index in [1.54, 1.807) is 37.8 Å². The fourth-order valence-electron chi connectivity index (χ4n) is 10.0. The molecule has 9 rings (SSSR count). The molecule has 2 aromatic carbocycles. The Kier molecular flexibility index (Phi) is 8.58. The third-order valence-corrected chi connectivity index (χ3v) is 12.9. The number of imide groups is 2. The van der Waals surface area contributed by atoms with Crippen LogP contribution >= 0.6 is 0 Å². The van der Waals surface area contributed by atoms with E-state index in [0.29, 0.717) is 55.3 Å². The van der Waals surface area contributed by atoms with Gasteiger partial charge in [0.1, 0.15) is 17.5 Å². The molecular formula is C41H45N7O8. The maximum atomic E-state index is 13.4. The highest BCUT2D eigenvalue weighted by molar-refractivity contribution is 6.23. The third kappa shape index (κ3) is 5.69. The van der Waals surface area contributed by atoms with Crippen LogP contribution in [0.25, 0.3) is 11.1 Å². The SMILES string of the molecule is CNC(=O)N1CCc2c(-c3cc(OC)c(CN4CC5(CC(N6Cc7cc8c(cc7C6)C(=O)N(C6CCC(=O)NC6=O)C8=O)C5)C4)c(OC)c3)cn(C)c(=O)c2C1. The maximum absolute atomic E-state index is 13.4. The molecule has 3 fully saturated rings. The summed E-state index contributed by atoms with van der Waals surface area (Å²) in [7, 11) is 6.65. The van der Waals surface area contributed by atoms with Gasteiger partial charge >= 0.3 is 6.03 Å². The summed E-state index contributed by atoms with van der Waals surface area (Å²) in [6.45, 7) is 4.77. The number of likely N-dealkylation sites (tertiary alicyclic amines) is 1. The minimum absolute atomic E-state index is 0.0929. The number of aromatic nitrogens is 1. The second kappa shape index (κ2) is 13.3. The van der Waals surface area contributed by atoms with Crippen molar-refractivity contribution in [3.05, 3.63) is 79.8 Å². The topological polar surface area (TPSA) is 163 Å². The average molecular weight is 764 g/mol. The fraction of sp³-hybridized carbons (Fsp3) is 0.463. The molecule has 15 heteroatoms. The Morgan fingerprint density at radius 2 is 1.52 bits per heavy atom. The van der Waals surface area contributed by atoms with Gasteiger partial charge in [-0.3, -0.25) is 44.0 Å². The predicted molar refractivity (Wildman–Crippen MR) is 202 cm³/mol. The first-order valence-electron chi connectivity index (χ1n) is 19.2. The van der Waals surface area contributed by atoms with Crippen LogP contribution in [0.5, 0.6) is 11.5 Å². The second-order valence-corrected chi connectivity index (χ2v) is 16.2. The smallest absolute Gasteiger partial charge is 0.317 e. The van der Waals surface area contributed by atoms with Gasteiger partial charge in [-0.05, 0) is 77.6 Å². The number of piperidine rings is 1. The molecule has 6 heterocycles. The van der Waals surface area contributed by atoms with Crippen molar-refractivity contribution in [1.29, 1.82) is 0 Å². The molecule has 6 amide bonds. The number of carbonyl (C=O) groups is 5. The fourth-order valence-corrected chi connectivity index (χ4v) is 10.0. The average Bonchev–Trinajstić information content (AvgIpc) is 3.68. The Hall–Kier alpha value is -5.54. The van der Waals surface area contributed by atoms with Gasteiger partial charge < -0.3 is 24.3 Å². The summed E-state index contributed by atoms with van der Waals surface area (Å²) < 4.78 is 13.5. The minimum atomic E-state index is -0.969. The number of pyridine rings is 1. The first-order chi connectivity index (χ1) is 26.9. The Bertz CT molecular complexity index is 2230. The highest BCUT2D eigenvalue weighted by Crippen LogP contribution is 2.53. The molecule has 1 aromatic heterocycles. The lowest BCUT2D eigenvalue weighted by Crippen LogP contribution is -2.65. The second-order valence-electron chi connectivity index (χ2n) is 16.2. The zero-order chi connectivity index (χ0) is 39.2. The summed E-state index contributed by atoms with van der Waals surface area (Å²) in [5, 5.41) is 4.91. The number of hydrogen-bond acceptors (Lipinski definition) is 10. The van der Waals surface area contributed by atoms with Crippen molar-refractivity contribution in [1.82, 2.24) is 34.8 Å². The third-order valence-electron chi connectivity index (χ3n) is 12.9. The van der Waals surface area contributed by atoms with Gasteiger partial charge in [-0.2, -0.15) is 0 Å². The Morgan fingerprint density at radius 3 is 2.11 bits per heavy atom. The highest BCUT2D eigenvalue weighted by atomic mass is 16.5. The van der Waals surface area contributed by atoms with Crippen LogP contribution in [0.15, 0.2) is 35.3 Å². The highest BCUT2D eigenvalue weighted by Gasteiger charge is 2.54. The van der Waals surface area contributed by atoms with E-state index in [1.807, 2.05) is 30.5 Å². The number of fused-ring (bicyclic) bond motifs is 3. The van der Waals surface area contributed by atoms with Crippen molar-refractivity contribution >= 4 is 29.7 Å². The predicted octanol–water partition coefficient (Wildman–Crippen LogP) is 2.15. The molecule has 292 valence electrons. The van der Waals surface area contributed by atoms with Crippen LogP contribution in [0.3, 0.4) is 0 Å². The zero-order valence-electron chi connectivity index (χ0n) is 32.0. The van der Waals surface area contributed by atoms with Crippen molar-refractivity contribution in [2.45, 2.75) is 70.4 Å². The summed E-state index contributed by atoms with van der Waals surface area (Å²) >= 11 is 0. The summed E-state index contributed by atoms with van der Waals surface area (Å²) in [5.74, 6) is -0.497. The Morgan fingerprint density at radius 1 is 0.875 bits per heavy atom. The summed E-state index contributed by atoms with van der Waals surface area (Å²) in [6.07, 6.45) is 4.80. The Balaban J connectivity index is 0.847. The number of aryl methyl sites for hydroxylation is 1. The van der Waals surface area contributed by atoms with E-state index in [1.165, 1.54) is 0 Å². The number of urea groups is 1. The van der Waals surface area contributed by atoms with E-state index >= 15 is 0 Å². The van der Waals surface area contributed by atoms with Crippen LogP contribution in [-0.2, 0) is 49.2 Å². The number of hydrogen-bond donors (Lipinski definition) is 2. The van der Waals surface area contributed by atoms with E-state index < -0.39 is 29.7 Å². The van der Waals surface area contributed by atoms with Crippen LogP contribution < -0.4 is 25.7 Å². The van der Waals surface area contributed by atoms with Crippen molar-refractivity contribution in [2.24, 2.45) is 12.5 Å². The molecule has 1 unspecified atom stereocenters. The summed E-state index contributed by atoms with van der Waals surface area (Å²) in [4.78, 5) is 84.0. The van der Waals surface area contributed by atoms with Gasteiger partial charge in [0.15, 0.2) is 0 Å². The normalized spacial score (nSPS) is 21.7. The molecule has 2 saturated heterocycles. The quantitative estimate of drug-likeness (QED) is 0.341. The molecule has 1 aliphatic carbocycles. The number of methoxy groups -OCH3 is 2. The van der Waals surface area contributed by atoms with Crippen LogP contribution in [0.4, 0.5) is 4.79 Å². The summed E-state index contributed by atoms with van der Waals surface area (Å²) in [5.41, 5.74) is 7.23. The first kappa shape index (κ1) is 36.1. The molecule has 3 aromatic rings. The molecule has 15 nitrogen and oxygen atoms in total. The molecule has 5 aliphatic heterocycles. The number of carbonyl (C=O) groups excluding carboxylic acids is 5. The first-order valence-corrected chi connectivity index (χ1v) is 19.2. The minimum Gasteiger partial charge on any atom is -0.496 e. The molecule has 1 spiro atoms. The van der Waals surface area contributed by atoms with E-state index in [4.69, 9.17) is 9.47 Å². The van der Waals surface area contributed by atoms with Gasteiger partial charge in [-0.1, -0.05) is 0 Å². The molecular weight excluding hydrogens is 718 g/mol. The standard InChI is InChI=1S/C41H45N7O8/c1-42-40(54)46-8-7-26-29(17-44(2)37(51)30(26)19-46)22-11-33(55-3)31(34(12-22)56-4)18-45-20-41(21-45)13-25(14-41)47-15-23-9-27-28(10-24(23)16-47)39(53)48(38(27)52)32-5-6-35(49)43-36(32)50/h9-12,17,25,32H,5-8,13-16,18-21H2,1-4H3,(H,42,54)(H,43,49,50). The van der Waals surface area contributed by atoms with Crippen LogP contribution in [0, 0.1) is 5.41 Å². The molecule has 2 N–H and O–H groups in total. The Labute approximate surface area is 323 Å². The number of nitrogens with zero attached hydrogens (tertiary/aromatic N) is 5. The molecule has 1 atom stereocenters. The summed E-state index contributed by atoms with van der Waals surface area (Å²) in [6, 6.07) is 6.94.